The van der Waals surface area contributed by atoms with E-state index >= 15 is 0 Å². The summed E-state index contributed by atoms with van der Waals surface area (Å²) in [6.45, 7) is 11.6. The van der Waals surface area contributed by atoms with Crippen LogP contribution in [0.25, 0.3) is 0 Å². The molecule has 0 bridgehead atoms. The van der Waals surface area contributed by atoms with Gasteiger partial charge in [-0.2, -0.15) is 0 Å². The Kier molecular flexibility index (Phi) is 3.76. The van der Waals surface area contributed by atoms with Crippen molar-refractivity contribution in [3.8, 4) is 0 Å². The van der Waals surface area contributed by atoms with Gasteiger partial charge in [0.25, 0.3) is 0 Å². The Labute approximate surface area is 116 Å². The van der Waals surface area contributed by atoms with Crippen LogP contribution in [-0.4, -0.2) is 50.2 Å². The molecule has 0 atom stereocenters. The number of anilines is 1. The fraction of sp³-hybridized carbons (Fsp3) is 0.625. The highest BCUT2D eigenvalue weighted by Gasteiger charge is 2.32. The van der Waals surface area contributed by atoms with Gasteiger partial charge >= 0.3 is 0 Å². The zero-order chi connectivity index (χ0) is 13.2. The molecular weight excluding hydrogens is 234 g/mol. The van der Waals surface area contributed by atoms with Crippen LogP contribution in [0.1, 0.15) is 17.5 Å². The van der Waals surface area contributed by atoms with Gasteiger partial charge in [-0.15, -0.1) is 0 Å². The standard InChI is InChI=1S/C16H25N3/c1-13-4-5-14(2)16(10-13)19-11-15(12-19)18-8-3-6-17-7-9-18/h4-5,10,15,17H,3,6-9,11-12H2,1-2H3. The maximum Gasteiger partial charge on any atom is 0.0447 e. The minimum absolute atomic E-state index is 0.764. The second kappa shape index (κ2) is 5.51. The molecule has 104 valence electrons. The van der Waals surface area contributed by atoms with E-state index in [4.69, 9.17) is 0 Å². The van der Waals surface area contributed by atoms with E-state index in [0.717, 1.165) is 12.6 Å². The summed E-state index contributed by atoms with van der Waals surface area (Å²) in [5, 5.41) is 3.48. The molecule has 19 heavy (non-hydrogen) atoms. The zero-order valence-corrected chi connectivity index (χ0v) is 12.2. The molecule has 0 radical (unpaired) electrons. The molecule has 0 spiro atoms. The highest BCUT2D eigenvalue weighted by Crippen LogP contribution is 2.28. The highest BCUT2D eigenvalue weighted by molar-refractivity contribution is 5.57. The average molecular weight is 259 g/mol. The summed E-state index contributed by atoms with van der Waals surface area (Å²) in [6.07, 6.45) is 1.29. The third kappa shape index (κ3) is 2.77. The van der Waals surface area contributed by atoms with Gasteiger partial charge in [0, 0.05) is 37.9 Å². The lowest BCUT2D eigenvalue weighted by Gasteiger charge is -2.47. The summed E-state index contributed by atoms with van der Waals surface area (Å²) >= 11 is 0. The molecule has 0 saturated carbocycles. The molecule has 3 heteroatoms. The Morgan fingerprint density at radius 1 is 1.11 bits per heavy atom. The predicted molar refractivity (Wildman–Crippen MR) is 81.0 cm³/mol. The van der Waals surface area contributed by atoms with Crippen molar-refractivity contribution in [2.45, 2.75) is 26.3 Å². The van der Waals surface area contributed by atoms with Crippen LogP contribution in [0.15, 0.2) is 18.2 Å². The van der Waals surface area contributed by atoms with Gasteiger partial charge < -0.3 is 10.2 Å². The van der Waals surface area contributed by atoms with E-state index in [1.54, 1.807) is 0 Å². The third-order valence-corrected chi connectivity index (χ3v) is 4.46. The van der Waals surface area contributed by atoms with Gasteiger partial charge in [-0.3, -0.25) is 4.90 Å². The fourth-order valence-corrected chi connectivity index (χ4v) is 3.17. The van der Waals surface area contributed by atoms with Crippen LogP contribution in [0.4, 0.5) is 5.69 Å². The third-order valence-electron chi connectivity index (χ3n) is 4.46. The van der Waals surface area contributed by atoms with Crippen LogP contribution in [-0.2, 0) is 0 Å². The van der Waals surface area contributed by atoms with E-state index < -0.39 is 0 Å². The summed E-state index contributed by atoms with van der Waals surface area (Å²) < 4.78 is 0. The van der Waals surface area contributed by atoms with Crippen molar-refractivity contribution in [2.75, 3.05) is 44.2 Å². The molecule has 0 aliphatic carbocycles. The van der Waals surface area contributed by atoms with Gasteiger partial charge in [-0.25, -0.2) is 0 Å². The van der Waals surface area contributed by atoms with E-state index in [2.05, 4.69) is 47.2 Å². The van der Waals surface area contributed by atoms with Crippen molar-refractivity contribution in [3.63, 3.8) is 0 Å². The van der Waals surface area contributed by atoms with Gasteiger partial charge in [0.2, 0.25) is 0 Å². The first-order valence-corrected chi connectivity index (χ1v) is 7.51. The average Bonchev–Trinajstić information content (AvgIpc) is 2.61. The first-order valence-electron chi connectivity index (χ1n) is 7.51. The molecule has 0 aromatic heterocycles. The van der Waals surface area contributed by atoms with Gasteiger partial charge in [0.15, 0.2) is 0 Å². The molecule has 1 aromatic carbocycles. The van der Waals surface area contributed by atoms with Crippen LogP contribution in [0.2, 0.25) is 0 Å². The normalized spacial score (nSPS) is 22.1. The SMILES string of the molecule is Cc1ccc(C)c(N2CC(N3CCCNCC3)C2)c1. The van der Waals surface area contributed by atoms with Gasteiger partial charge in [0.1, 0.15) is 0 Å². The lowest BCUT2D eigenvalue weighted by atomic mass is 10.0. The Morgan fingerprint density at radius 2 is 1.95 bits per heavy atom. The molecular formula is C16H25N3. The number of benzene rings is 1. The summed E-state index contributed by atoms with van der Waals surface area (Å²) in [6, 6.07) is 7.54. The number of hydrogen-bond acceptors (Lipinski definition) is 3. The van der Waals surface area contributed by atoms with Crippen LogP contribution in [0.5, 0.6) is 0 Å². The van der Waals surface area contributed by atoms with Crippen molar-refractivity contribution in [1.29, 1.82) is 0 Å². The molecule has 2 heterocycles. The molecule has 0 unspecified atom stereocenters. The number of aryl methyl sites for hydroxylation is 2. The van der Waals surface area contributed by atoms with Gasteiger partial charge in [-0.05, 0) is 50.6 Å². The van der Waals surface area contributed by atoms with Crippen LogP contribution >= 0.6 is 0 Å². The van der Waals surface area contributed by atoms with E-state index in [1.165, 1.54) is 56.0 Å². The Hall–Kier alpha value is -1.06. The van der Waals surface area contributed by atoms with Crippen molar-refractivity contribution in [2.24, 2.45) is 0 Å². The molecule has 0 amide bonds. The smallest absolute Gasteiger partial charge is 0.0447 e. The molecule has 2 aliphatic rings. The maximum absolute atomic E-state index is 3.48. The maximum atomic E-state index is 3.48. The van der Waals surface area contributed by atoms with Crippen molar-refractivity contribution in [1.82, 2.24) is 10.2 Å². The van der Waals surface area contributed by atoms with E-state index in [0.29, 0.717) is 0 Å². The topological polar surface area (TPSA) is 18.5 Å². The second-order valence-corrected chi connectivity index (χ2v) is 5.99. The predicted octanol–water partition coefficient (Wildman–Crippen LogP) is 1.79. The quantitative estimate of drug-likeness (QED) is 0.873. The lowest BCUT2D eigenvalue weighted by molar-refractivity contribution is 0.177. The Bertz CT molecular complexity index is 430. The molecule has 3 rings (SSSR count). The molecule has 2 aliphatic heterocycles. The second-order valence-electron chi connectivity index (χ2n) is 5.99. The molecule has 1 aromatic rings. The van der Waals surface area contributed by atoms with Crippen LogP contribution < -0.4 is 10.2 Å². The molecule has 3 nitrogen and oxygen atoms in total. The van der Waals surface area contributed by atoms with E-state index in [1.807, 2.05) is 0 Å². The number of rotatable bonds is 2. The first kappa shape index (κ1) is 12.9. The fourth-order valence-electron chi connectivity index (χ4n) is 3.17. The minimum Gasteiger partial charge on any atom is -0.368 e. The van der Waals surface area contributed by atoms with Crippen molar-refractivity contribution >= 4 is 5.69 Å². The summed E-state index contributed by atoms with van der Waals surface area (Å²) in [7, 11) is 0. The first-order chi connectivity index (χ1) is 9.24. The molecule has 2 fully saturated rings. The Morgan fingerprint density at radius 3 is 2.79 bits per heavy atom. The van der Waals surface area contributed by atoms with E-state index in [-0.39, 0.29) is 0 Å². The minimum atomic E-state index is 0.764. The number of hydrogen-bond donors (Lipinski definition) is 1. The van der Waals surface area contributed by atoms with Crippen molar-refractivity contribution in [3.05, 3.63) is 29.3 Å². The Balaban J connectivity index is 1.61. The van der Waals surface area contributed by atoms with E-state index in [9.17, 15) is 0 Å². The summed E-state index contributed by atoms with van der Waals surface area (Å²) in [4.78, 5) is 5.20. The summed E-state index contributed by atoms with van der Waals surface area (Å²) in [5.74, 6) is 0. The van der Waals surface area contributed by atoms with Gasteiger partial charge in [-0.1, -0.05) is 12.1 Å². The monoisotopic (exact) mass is 259 g/mol. The largest absolute Gasteiger partial charge is 0.368 e. The number of nitrogens with zero attached hydrogens (tertiary/aromatic N) is 2. The number of nitrogens with one attached hydrogen (secondary N) is 1. The van der Waals surface area contributed by atoms with Gasteiger partial charge in [0.05, 0.1) is 0 Å². The highest BCUT2D eigenvalue weighted by atomic mass is 15.3. The lowest BCUT2D eigenvalue weighted by Crippen LogP contribution is -2.60. The van der Waals surface area contributed by atoms with Crippen molar-refractivity contribution < 1.29 is 0 Å². The molecule has 1 N–H and O–H groups in total. The van der Waals surface area contributed by atoms with Crippen LogP contribution in [0, 0.1) is 13.8 Å². The summed E-state index contributed by atoms with van der Waals surface area (Å²) in [5.41, 5.74) is 4.20. The molecule has 2 saturated heterocycles. The zero-order valence-electron chi connectivity index (χ0n) is 12.2. The van der Waals surface area contributed by atoms with Crippen LogP contribution in [0.3, 0.4) is 0 Å².